The first-order valence-electron chi connectivity index (χ1n) is 8.39. The van der Waals surface area contributed by atoms with E-state index in [9.17, 15) is 0 Å². The van der Waals surface area contributed by atoms with E-state index in [-0.39, 0.29) is 6.04 Å². The smallest absolute Gasteiger partial charge is 0.141 e. The molecule has 124 valence electrons. The summed E-state index contributed by atoms with van der Waals surface area (Å²) in [5, 5.41) is 2.37. The van der Waals surface area contributed by atoms with E-state index in [1.165, 1.54) is 10.8 Å². The van der Waals surface area contributed by atoms with Gasteiger partial charge >= 0.3 is 0 Å². The summed E-state index contributed by atoms with van der Waals surface area (Å²) >= 11 is 0. The van der Waals surface area contributed by atoms with Crippen LogP contribution in [0.4, 0.5) is 0 Å². The van der Waals surface area contributed by atoms with E-state index in [4.69, 9.17) is 9.72 Å². The Morgan fingerprint density at radius 3 is 2.52 bits per heavy atom. The summed E-state index contributed by atoms with van der Waals surface area (Å²) in [4.78, 5) is 5.01. The molecule has 4 aromatic rings. The highest BCUT2D eigenvalue weighted by Crippen LogP contribution is 2.33. The number of rotatable bonds is 4. The molecule has 0 aliphatic rings. The number of fused-ring (bicyclic) bond motifs is 3. The molecule has 1 aromatic heterocycles. The van der Waals surface area contributed by atoms with Crippen LogP contribution in [-0.4, -0.2) is 16.7 Å². The SMILES string of the molecule is C=CC(C)n1c(-c2ccc(OC)cc2)nc2c3ccccc3ccc21. The second kappa shape index (κ2) is 6.10. The van der Waals surface area contributed by atoms with Crippen LogP contribution in [0.25, 0.3) is 33.2 Å². The van der Waals surface area contributed by atoms with Crippen molar-refractivity contribution in [3.05, 3.63) is 73.3 Å². The van der Waals surface area contributed by atoms with Crippen molar-refractivity contribution in [2.45, 2.75) is 13.0 Å². The van der Waals surface area contributed by atoms with E-state index in [1.807, 2.05) is 18.2 Å². The van der Waals surface area contributed by atoms with Crippen LogP contribution in [-0.2, 0) is 0 Å². The standard InChI is InChI=1S/C22H20N2O/c1-4-15(2)24-20-14-11-16-7-5-6-8-19(16)21(20)23-22(24)17-9-12-18(25-3)13-10-17/h4-15H,1H2,2-3H3. The first-order chi connectivity index (χ1) is 12.2. The lowest BCUT2D eigenvalue weighted by Gasteiger charge is -2.14. The number of hydrogen-bond donors (Lipinski definition) is 0. The molecule has 0 radical (unpaired) electrons. The minimum absolute atomic E-state index is 0.142. The van der Waals surface area contributed by atoms with Crippen LogP contribution in [0.15, 0.2) is 73.3 Å². The first kappa shape index (κ1) is 15.5. The molecule has 25 heavy (non-hydrogen) atoms. The quantitative estimate of drug-likeness (QED) is 0.455. The van der Waals surface area contributed by atoms with Crippen molar-refractivity contribution in [2.75, 3.05) is 7.11 Å². The molecule has 1 unspecified atom stereocenters. The maximum atomic E-state index is 5.28. The lowest BCUT2D eigenvalue weighted by molar-refractivity contribution is 0.415. The maximum Gasteiger partial charge on any atom is 0.141 e. The van der Waals surface area contributed by atoms with Crippen LogP contribution in [0.5, 0.6) is 5.75 Å². The van der Waals surface area contributed by atoms with Crippen molar-refractivity contribution in [1.29, 1.82) is 0 Å². The van der Waals surface area contributed by atoms with Crippen molar-refractivity contribution in [3.63, 3.8) is 0 Å². The Balaban J connectivity index is 2.04. The van der Waals surface area contributed by atoms with Gasteiger partial charge in [-0.05, 0) is 42.6 Å². The summed E-state index contributed by atoms with van der Waals surface area (Å²) in [5.74, 6) is 1.79. The Kier molecular flexibility index (Phi) is 3.77. The Morgan fingerprint density at radius 2 is 1.80 bits per heavy atom. The minimum atomic E-state index is 0.142. The molecule has 0 fully saturated rings. The Morgan fingerprint density at radius 1 is 1.04 bits per heavy atom. The van der Waals surface area contributed by atoms with Gasteiger partial charge in [0.2, 0.25) is 0 Å². The Bertz CT molecular complexity index is 1060. The van der Waals surface area contributed by atoms with Crippen LogP contribution in [0, 0.1) is 0 Å². The zero-order valence-electron chi connectivity index (χ0n) is 14.4. The lowest BCUT2D eigenvalue weighted by atomic mass is 10.1. The van der Waals surface area contributed by atoms with Crippen LogP contribution >= 0.6 is 0 Å². The third-order valence-corrected chi connectivity index (χ3v) is 4.68. The van der Waals surface area contributed by atoms with Gasteiger partial charge < -0.3 is 9.30 Å². The van der Waals surface area contributed by atoms with Crippen molar-refractivity contribution >= 4 is 21.8 Å². The summed E-state index contributed by atoms with van der Waals surface area (Å²) in [7, 11) is 1.68. The topological polar surface area (TPSA) is 27.1 Å². The molecular weight excluding hydrogens is 308 g/mol. The van der Waals surface area contributed by atoms with Gasteiger partial charge in [-0.3, -0.25) is 0 Å². The van der Waals surface area contributed by atoms with E-state index in [2.05, 4.69) is 66.6 Å². The minimum Gasteiger partial charge on any atom is -0.497 e. The maximum absolute atomic E-state index is 5.28. The molecule has 4 rings (SSSR count). The normalized spacial score (nSPS) is 12.4. The third-order valence-electron chi connectivity index (χ3n) is 4.68. The Labute approximate surface area is 147 Å². The van der Waals surface area contributed by atoms with Gasteiger partial charge in [0.05, 0.1) is 24.2 Å². The number of aromatic nitrogens is 2. The van der Waals surface area contributed by atoms with Crippen molar-refractivity contribution in [1.82, 2.24) is 9.55 Å². The number of allylic oxidation sites excluding steroid dienone is 1. The van der Waals surface area contributed by atoms with Gasteiger partial charge in [0.25, 0.3) is 0 Å². The molecule has 0 saturated carbocycles. The molecule has 0 N–H and O–H groups in total. The number of methoxy groups -OCH3 is 1. The molecule has 3 aromatic carbocycles. The molecule has 0 aliphatic carbocycles. The van der Waals surface area contributed by atoms with E-state index in [1.54, 1.807) is 7.11 Å². The molecule has 1 heterocycles. The van der Waals surface area contributed by atoms with Crippen LogP contribution in [0.1, 0.15) is 13.0 Å². The first-order valence-corrected chi connectivity index (χ1v) is 8.39. The molecule has 0 amide bonds. The van der Waals surface area contributed by atoms with Crippen LogP contribution < -0.4 is 4.74 Å². The van der Waals surface area contributed by atoms with Gasteiger partial charge in [-0.2, -0.15) is 0 Å². The van der Waals surface area contributed by atoms with Gasteiger partial charge in [0.1, 0.15) is 11.6 Å². The van der Waals surface area contributed by atoms with Gasteiger partial charge in [-0.1, -0.05) is 36.4 Å². The van der Waals surface area contributed by atoms with Crippen molar-refractivity contribution in [3.8, 4) is 17.1 Å². The molecule has 0 saturated heterocycles. The van der Waals surface area contributed by atoms with E-state index in [0.717, 1.165) is 28.2 Å². The summed E-state index contributed by atoms with van der Waals surface area (Å²) < 4.78 is 7.52. The van der Waals surface area contributed by atoms with E-state index >= 15 is 0 Å². The fourth-order valence-electron chi connectivity index (χ4n) is 3.29. The highest BCUT2D eigenvalue weighted by Gasteiger charge is 2.17. The second-order valence-corrected chi connectivity index (χ2v) is 6.16. The van der Waals surface area contributed by atoms with Gasteiger partial charge in [0.15, 0.2) is 0 Å². The number of ether oxygens (including phenoxy) is 1. The van der Waals surface area contributed by atoms with Gasteiger partial charge in [-0.15, -0.1) is 6.58 Å². The number of imidazole rings is 1. The molecular formula is C22H20N2O. The highest BCUT2D eigenvalue weighted by atomic mass is 16.5. The molecule has 0 spiro atoms. The average molecular weight is 328 g/mol. The van der Waals surface area contributed by atoms with Crippen molar-refractivity contribution < 1.29 is 4.74 Å². The monoisotopic (exact) mass is 328 g/mol. The highest BCUT2D eigenvalue weighted by molar-refractivity contribution is 6.05. The van der Waals surface area contributed by atoms with Crippen LogP contribution in [0.2, 0.25) is 0 Å². The number of hydrogen-bond acceptors (Lipinski definition) is 2. The van der Waals surface area contributed by atoms with Crippen molar-refractivity contribution in [2.24, 2.45) is 0 Å². The predicted octanol–water partition coefficient (Wildman–Crippen LogP) is 5.61. The zero-order chi connectivity index (χ0) is 17.4. The Hall–Kier alpha value is -3.07. The van der Waals surface area contributed by atoms with E-state index < -0.39 is 0 Å². The zero-order valence-corrected chi connectivity index (χ0v) is 14.4. The van der Waals surface area contributed by atoms with Gasteiger partial charge in [0, 0.05) is 10.9 Å². The summed E-state index contributed by atoms with van der Waals surface area (Å²) in [6, 6.07) is 20.9. The molecule has 0 aliphatic heterocycles. The summed E-state index contributed by atoms with van der Waals surface area (Å²) in [5.41, 5.74) is 3.21. The molecule has 3 heteroatoms. The molecule has 1 atom stereocenters. The third kappa shape index (κ3) is 2.49. The van der Waals surface area contributed by atoms with Crippen LogP contribution in [0.3, 0.4) is 0 Å². The number of benzene rings is 3. The summed E-state index contributed by atoms with van der Waals surface area (Å²) in [6.07, 6.45) is 1.95. The molecule has 0 bridgehead atoms. The largest absolute Gasteiger partial charge is 0.497 e. The predicted molar refractivity (Wildman–Crippen MR) is 104 cm³/mol. The van der Waals surface area contributed by atoms with E-state index in [0.29, 0.717) is 0 Å². The average Bonchev–Trinajstić information content (AvgIpc) is 3.07. The molecule has 3 nitrogen and oxygen atoms in total. The fraction of sp³-hybridized carbons (Fsp3) is 0.136. The second-order valence-electron chi connectivity index (χ2n) is 6.16. The summed E-state index contributed by atoms with van der Waals surface area (Å²) in [6.45, 7) is 6.11. The lowest BCUT2D eigenvalue weighted by Crippen LogP contribution is -2.04. The number of nitrogens with zero attached hydrogens (tertiary/aromatic N) is 2. The fourth-order valence-corrected chi connectivity index (χ4v) is 3.29. The van der Waals surface area contributed by atoms with Gasteiger partial charge in [-0.25, -0.2) is 4.98 Å².